The highest BCUT2D eigenvalue weighted by Gasteiger charge is 2.36. The van der Waals surface area contributed by atoms with E-state index in [1.165, 1.54) is 11.8 Å². The SMILES string of the molecule is CCC(C)N(C(=O)CSc1nc2ccc(OC)cc2[nH]1)C1CCS(=O)(=O)C1. The molecule has 2 unspecified atom stereocenters. The molecule has 1 aromatic heterocycles. The Morgan fingerprint density at radius 2 is 2.26 bits per heavy atom. The zero-order chi connectivity index (χ0) is 19.6. The molecule has 148 valence electrons. The summed E-state index contributed by atoms with van der Waals surface area (Å²) < 4.78 is 28.9. The number of sulfone groups is 1. The second-order valence-electron chi connectivity index (χ2n) is 6.83. The van der Waals surface area contributed by atoms with E-state index in [-0.39, 0.29) is 35.2 Å². The van der Waals surface area contributed by atoms with E-state index in [1.807, 2.05) is 32.0 Å². The molecule has 0 radical (unpaired) electrons. The number of rotatable bonds is 7. The van der Waals surface area contributed by atoms with Crippen molar-refractivity contribution in [3.05, 3.63) is 18.2 Å². The second-order valence-corrected chi connectivity index (χ2v) is 10.0. The van der Waals surface area contributed by atoms with Crippen LogP contribution in [0.15, 0.2) is 23.4 Å². The van der Waals surface area contributed by atoms with Gasteiger partial charge in [0.05, 0.1) is 35.4 Å². The minimum absolute atomic E-state index is 0.0105. The van der Waals surface area contributed by atoms with Gasteiger partial charge in [-0.05, 0) is 31.9 Å². The van der Waals surface area contributed by atoms with Crippen LogP contribution in [0.3, 0.4) is 0 Å². The fraction of sp³-hybridized carbons (Fsp3) is 0.556. The topological polar surface area (TPSA) is 92.4 Å². The number of thioether (sulfide) groups is 1. The number of nitrogens with zero attached hydrogens (tertiary/aromatic N) is 2. The first-order valence-corrected chi connectivity index (χ1v) is 11.8. The van der Waals surface area contributed by atoms with E-state index in [0.717, 1.165) is 23.2 Å². The summed E-state index contributed by atoms with van der Waals surface area (Å²) in [4.78, 5) is 22.3. The van der Waals surface area contributed by atoms with E-state index < -0.39 is 9.84 Å². The molecule has 2 heterocycles. The van der Waals surface area contributed by atoms with Gasteiger partial charge < -0.3 is 14.6 Å². The lowest BCUT2D eigenvalue weighted by atomic mass is 10.1. The van der Waals surface area contributed by atoms with Crippen LogP contribution in [-0.2, 0) is 14.6 Å². The first-order valence-electron chi connectivity index (χ1n) is 9.01. The highest BCUT2D eigenvalue weighted by Crippen LogP contribution is 2.26. The Kier molecular flexibility index (Phi) is 6.00. The summed E-state index contributed by atoms with van der Waals surface area (Å²) in [6.07, 6.45) is 1.31. The Morgan fingerprint density at radius 3 is 2.89 bits per heavy atom. The monoisotopic (exact) mass is 411 g/mol. The standard InChI is InChI=1S/C18H25N3O4S2/c1-4-12(2)21(13-7-8-27(23,24)11-13)17(22)10-26-18-19-15-6-5-14(25-3)9-16(15)20-18/h5-6,9,12-13H,4,7-8,10-11H2,1-3H3,(H,19,20). The van der Waals surface area contributed by atoms with Crippen LogP contribution in [0.2, 0.25) is 0 Å². The molecule has 0 spiro atoms. The predicted molar refractivity (Wildman–Crippen MR) is 107 cm³/mol. The summed E-state index contributed by atoms with van der Waals surface area (Å²) in [6, 6.07) is 5.36. The largest absolute Gasteiger partial charge is 0.497 e. The number of methoxy groups -OCH3 is 1. The molecular weight excluding hydrogens is 386 g/mol. The van der Waals surface area contributed by atoms with Crippen molar-refractivity contribution < 1.29 is 17.9 Å². The number of aromatic amines is 1. The molecule has 1 amide bonds. The van der Waals surface area contributed by atoms with Gasteiger partial charge in [-0.15, -0.1) is 0 Å². The molecule has 3 rings (SSSR count). The maximum absolute atomic E-state index is 12.9. The van der Waals surface area contributed by atoms with E-state index in [0.29, 0.717) is 11.6 Å². The molecule has 1 aromatic carbocycles. The third kappa shape index (κ3) is 4.57. The van der Waals surface area contributed by atoms with Crippen molar-refractivity contribution in [3.8, 4) is 5.75 Å². The number of hydrogen-bond donors (Lipinski definition) is 1. The maximum Gasteiger partial charge on any atom is 0.233 e. The molecule has 1 saturated heterocycles. The molecule has 9 heteroatoms. The van der Waals surface area contributed by atoms with Gasteiger partial charge in [-0.3, -0.25) is 4.79 Å². The van der Waals surface area contributed by atoms with Crippen LogP contribution in [0.25, 0.3) is 11.0 Å². The Morgan fingerprint density at radius 1 is 1.48 bits per heavy atom. The van der Waals surface area contributed by atoms with Gasteiger partial charge in [0.25, 0.3) is 0 Å². The Balaban J connectivity index is 1.70. The van der Waals surface area contributed by atoms with Gasteiger partial charge in [-0.1, -0.05) is 18.7 Å². The average Bonchev–Trinajstić information content (AvgIpc) is 3.21. The molecule has 7 nitrogen and oxygen atoms in total. The van der Waals surface area contributed by atoms with E-state index in [1.54, 1.807) is 12.0 Å². The fourth-order valence-corrected chi connectivity index (χ4v) is 5.83. The van der Waals surface area contributed by atoms with Crippen LogP contribution < -0.4 is 4.74 Å². The van der Waals surface area contributed by atoms with Crippen molar-refractivity contribution in [3.63, 3.8) is 0 Å². The Labute approximate surface area is 163 Å². The average molecular weight is 412 g/mol. The molecule has 1 aliphatic heterocycles. The Hall–Kier alpha value is -1.74. The predicted octanol–water partition coefficient (Wildman–Crippen LogP) is 2.48. The van der Waals surface area contributed by atoms with Crippen LogP contribution in [0.5, 0.6) is 5.75 Å². The zero-order valence-corrected chi connectivity index (χ0v) is 17.4. The van der Waals surface area contributed by atoms with Crippen LogP contribution in [0.4, 0.5) is 0 Å². The van der Waals surface area contributed by atoms with Crippen molar-refractivity contribution in [2.45, 2.75) is 43.9 Å². The molecule has 1 N–H and O–H groups in total. The van der Waals surface area contributed by atoms with Crippen molar-refractivity contribution in [1.29, 1.82) is 0 Å². The van der Waals surface area contributed by atoms with Crippen LogP contribution in [0, 0.1) is 0 Å². The van der Waals surface area contributed by atoms with Crippen LogP contribution >= 0.6 is 11.8 Å². The van der Waals surface area contributed by atoms with Crippen LogP contribution in [-0.4, -0.2) is 65.6 Å². The number of H-pyrrole nitrogens is 1. The van der Waals surface area contributed by atoms with Gasteiger partial charge in [0.2, 0.25) is 5.91 Å². The fourth-order valence-electron chi connectivity index (χ4n) is 3.37. The normalized spacial score (nSPS) is 19.9. The summed E-state index contributed by atoms with van der Waals surface area (Å²) in [7, 11) is -1.43. The second kappa shape index (κ2) is 8.10. The number of benzene rings is 1. The number of ether oxygens (including phenoxy) is 1. The molecule has 2 atom stereocenters. The third-order valence-electron chi connectivity index (χ3n) is 4.96. The number of aromatic nitrogens is 2. The molecule has 1 fully saturated rings. The molecule has 0 bridgehead atoms. The van der Waals surface area contributed by atoms with Gasteiger partial charge in [-0.2, -0.15) is 0 Å². The van der Waals surface area contributed by atoms with Gasteiger partial charge in [0, 0.05) is 18.2 Å². The maximum atomic E-state index is 12.9. The van der Waals surface area contributed by atoms with E-state index >= 15 is 0 Å². The van der Waals surface area contributed by atoms with Crippen molar-refractivity contribution in [1.82, 2.24) is 14.9 Å². The smallest absolute Gasteiger partial charge is 0.233 e. The summed E-state index contributed by atoms with van der Waals surface area (Å²) in [5.74, 6) is 1.14. The van der Waals surface area contributed by atoms with Crippen LogP contribution in [0.1, 0.15) is 26.7 Å². The third-order valence-corrected chi connectivity index (χ3v) is 7.56. The van der Waals surface area contributed by atoms with Crippen molar-refractivity contribution >= 4 is 38.5 Å². The van der Waals surface area contributed by atoms with Gasteiger partial charge >= 0.3 is 0 Å². The first-order chi connectivity index (χ1) is 12.8. The highest BCUT2D eigenvalue weighted by atomic mass is 32.2. The summed E-state index contributed by atoms with van der Waals surface area (Å²) in [6.45, 7) is 3.98. The van der Waals surface area contributed by atoms with Crippen molar-refractivity contribution in [2.24, 2.45) is 0 Å². The van der Waals surface area contributed by atoms with Crippen molar-refractivity contribution in [2.75, 3.05) is 24.4 Å². The molecule has 1 aliphatic rings. The number of imidazole rings is 1. The molecular formula is C18H25N3O4S2. The zero-order valence-electron chi connectivity index (χ0n) is 15.8. The molecule has 27 heavy (non-hydrogen) atoms. The number of carbonyl (C=O) groups is 1. The summed E-state index contributed by atoms with van der Waals surface area (Å²) >= 11 is 1.33. The minimum Gasteiger partial charge on any atom is -0.497 e. The molecule has 0 aliphatic carbocycles. The number of carbonyl (C=O) groups excluding carboxylic acids is 1. The van der Waals surface area contributed by atoms with Gasteiger partial charge in [0.1, 0.15) is 5.75 Å². The molecule has 0 saturated carbocycles. The summed E-state index contributed by atoms with van der Waals surface area (Å²) in [5, 5.41) is 0.662. The number of fused-ring (bicyclic) bond motifs is 1. The van der Waals surface area contributed by atoms with E-state index in [2.05, 4.69) is 9.97 Å². The number of hydrogen-bond acceptors (Lipinski definition) is 6. The molecule has 2 aromatic rings. The minimum atomic E-state index is -3.04. The lowest BCUT2D eigenvalue weighted by Gasteiger charge is -2.33. The highest BCUT2D eigenvalue weighted by molar-refractivity contribution is 7.99. The number of nitrogens with one attached hydrogen (secondary N) is 1. The van der Waals surface area contributed by atoms with Gasteiger partial charge in [-0.25, -0.2) is 13.4 Å². The Bertz CT molecular complexity index is 926. The van der Waals surface area contributed by atoms with E-state index in [9.17, 15) is 13.2 Å². The summed E-state index contributed by atoms with van der Waals surface area (Å²) in [5.41, 5.74) is 1.66. The van der Waals surface area contributed by atoms with E-state index in [4.69, 9.17) is 4.74 Å². The van der Waals surface area contributed by atoms with Gasteiger partial charge in [0.15, 0.2) is 15.0 Å². The quantitative estimate of drug-likeness (QED) is 0.704. The number of amides is 1. The lowest BCUT2D eigenvalue weighted by molar-refractivity contribution is -0.132. The lowest BCUT2D eigenvalue weighted by Crippen LogP contribution is -2.47. The first kappa shape index (κ1) is 20.0.